The molecule has 0 unspecified atom stereocenters. The number of nitrogens with zero attached hydrogens (tertiary/aromatic N) is 2. The molecular weight excluding hydrogens is 286 g/mol. The summed E-state index contributed by atoms with van der Waals surface area (Å²) in [6.45, 7) is 2.29. The van der Waals surface area contributed by atoms with Crippen molar-refractivity contribution in [3.05, 3.63) is 16.6 Å². The van der Waals surface area contributed by atoms with Crippen LogP contribution in [0.5, 0.6) is 0 Å². The van der Waals surface area contributed by atoms with Gasteiger partial charge in [-0.25, -0.2) is 4.98 Å². The highest BCUT2D eigenvalue weighted by atomic mass is 32.1. The minimum absolute atomic E-state index is 0.0478. The van der Waals surface area contributed by atoms with E-state index in [2.05, 4.69) is 10.3 Å². The number of hydrogen-bond acceptors (Lipinski definition) is 4. The van der Waals surface area contributed by atoms with Crippen LogP contribution in [0.25, 0.3) is 0 Å². The first-order chi connectivity index (χ1) is 10.3. The lowest BCUT2D eigenvalue weighted by molar-refractivity contribution is -0.133. The quantitative estimate of drug-likeness (QED) is 0.874. The molecular formula is C15H23N3O2S. The predicted octanol–water partition coefficient (Wildman–Crippen LogP) is 1.98. The Bertz CT molecular complexity index is 440. The molecule has 0 aliphatic carbocycles. The maximum Gasteiger partial charge on any atom is 0.223 e. The summed E-state index contributed by atoms with van der Waals surface area (Å²) in [5.74, 6) is 0.0694. The lowest BCUT2D eigenvalue weighted by Crippen LogP contribution is -2.33. The smallest absolute Gasteiger partial charge is 0.223 e. The van der Waals surface area contributed by atoms with Gasteiger partial charge in [-0.2, -0.15) is 0 Å². The van der Waals surface area contributed by atoms with Crippen molar-refractivity contribution < 1.29 is 9.59 Å². The third-order valence-electron chi connectivity index (χ3n) is 3.71. The summed E-state index contributed by atoms with van der Waals surface area (Å²) < 4.78 is 0. The van der Waals surface area contributed by atoms with E-state index >= 15 is 0 Å². The average Bonchev–Trinajstić information content (AvgIpc) is 2.85. The van der Waals surface area contributed by atoms with E-state index in [1.807, 2.05) is 10.3 Å². The first-order valence-electron chi connectivity index (χ1n) is 7.67. The van der Waals surface area contributed by atoms with E-state index in [9.17, 15) is 9.59 Å². The number of aromatic nitrogens is 1. The van der Waals surface area contributed by atoms with E-state index in [0.29, 0.717) is 13.0 Å². The Kier molecular flexibility index (Phi) is 6.66. The fourth-order valence-electron chi connectivity index (χ4n) is 2.48. The van der Waals surface area contributed by atoms with Gasteiger partial charge in [0.2, 0.25) is 11.8 Å². The van der Waals surface area contributed by atoms with Gasteiger partial charge in [0.15, 0.2) is 0 Å². The fourth-order valence-corrected chi connectivity index (χ4v) is 3.07. The lowest BCUT2D eigenvalue weighted by Gasteiger charge is -2.20. The van der Waals surface area contributed by atoms with Crippen molar-refractivity contribution in [2.75, 3.05) is 19.6 Å². The van der Waals surface area contributed by atoms with E-state index in [0.717, 1.165) is 38.0 Å². The van der Waals surface area contributed by atoms with Crippen molar-refractivity contribution in [3.63, 3.8) is 0 Å². The Morgan fingerprint density at radius 2 is 1.95 bits per heavy atom. The predicted molar refractivity (Wildman–Crippen MR) is 83.1 cm³/mol. The Morgan fingerprint density at radius 3 is 2.62 bits per heavy atom. The molecule has 21 heavy (non-hydrogen) atoms. The van der Waals surface area contributed by atoms with E-state index in [4.69, 9.17) is 0 Å². The van der Waals surface area contributed by atoms with Crippen LogP contribution < -0.4 is 5.32 Å². The molecule has 2 rings (SSSR count). The van der Waals surface area contributed by atoms with Crippen LogP contribution in [0.4, 0.5) is 0 Å². The van der Waals surface area contributed by atoms with Gasteiger partial charge < -0.3 is 10.2 Å². The van der Waals surface area contributed by atoms with E-state index in [1.165, 1.54) is 12.8 Å². The molecule has 1 aliphatic heterocycles. The molecule has 2 heterocycles. The molecule has 0 atom stereocenters. The molecule has 116 valence electrons. The van der Waals surface area contributed by atoms with Crippen LogP contribution in [0.2, 0.25) is 0 Å². The Morgan fingerprint density at radius 1 is 1.19 bits per heavy atom. The van der Waals surface area contributed by atoms with Gasteiger partial charge >= 0.3 is 0 Å². The zero-order valence-corrected chi connectivity index (χ0v) is 13.2. The normalized spacial score (nSPS) is 15.5. The number of likely N-dealkylation sites (tertiary alicyclic amines) is 1. The van der Waals surface area contributed by atoms with Gasteiger partial charge in [0, 0.05) is 44.3 Å². The topological polar surface area (TPSA) is 62.3 Å². The number of carbonyl (C=O) groups excluding carboxylic acids is 2. The van der Waals surface area contributed by atoms with Gasteiger partial charge in [0.25, 0.3) is 0 Å². The van der Waals surface area contributed by atoms with E-state index in [-0.39, 0.29) is 18.2 Å². The van der Waals surface area contributed by atoms with Gasteiger partial charge in [-0.1, -0.05) is 12.8 Å². The molecule has 0 saturated carbocycles. The SMILES string of the molecule is O=C(CCC(=O)N1CCCCCC1)NCCc1cscn1. The highest BCUT2D eigenvalue weighted by Gasteiger charge is 2.16. The molecule has 0 aromatic carbocycles. The highest BCUT2D eigenvalue weighted by Crippen LogP contribution is 2.11. The van der Waals surface area contributed by atoms with Crippen LogP contribution >= 0.6 is 11.3 Å². The summed E-state index contributed by atoms with van der Waals surface area (Å²) in [7, 11) is 0. The van der Waals surface area contributed by atoms with Crippen LogP contribution in [-0.2, 0) is 16.0 Å². The number of carbonyl (C=O) groups is 2. The molecule has 1 saturated heterocycles. The van der Waals surface area contributed by atoms with Gasteiger partial charge in [-0.05, 0) is 12.8 Å². The Labute approximate surface area is 129 Å². The van der Waals surface area contributed by atoms with Crippen LogP contribution in [-0.4, -0.2) is 41.3 Å². The largest absolute Gasteiger partial charge is 0.356 e. The maximum absolute atomic E-state index is 12.1. The number of thiazole rings is 1. The van der Waals surface area contributed by atoms with Crippen LogP contribution in [0.3, 0.4) is 0 Å². The standard InChI is InChI=1S/C15H23N3O2S/c19-14(16-8-7-13-11-21-12-17-13)5-6-15(20)18-9-3-1-2-4-10-18/h11-12H,1-10H2,(H,16,19). The first kappa shape index (κ1) is 15.9. The van der Waals surface area contributed by atoms with Crippen LogP contribution in [0.1, 0.15) is 44.2 Å². The second-order valence-electron chi connectivity index (χ2n) is 5.37. The van der Waals surface area contributed by atoms with Gasteiger partial charge in [0.1, 0.15) is 0 Å². The molecule has 1 aromatic heterocycles. The van der Waals surface area contributed by atoms with Crippen molar-refractivity contribution in [2.24, 2.45) is 0 Å². The van der Waals surface area contributed by atoms with E-state index < -0.39 is 0 Å². The molecule has 1 N–H and O–H groups in total. The van der Waals surface area contributed by atoms with Crippen LogP contribution in [0, 0.1) is 0 Å². The summed E-state index contributed by atoms with van der Waals surface area (Å²) in [6, 6.07) is 0. The number of amides is 2. The summed E-state index contributed by atoms with van der Waals surface area (Å²) >= 11 is 1.56. The van der Waals surface area contributed by atoms with Gasteiger partial charge in [-0.3, -0.25) is 9.59 Å². The van der Waals surface area contributed by atoms with E-state index in [1.54, 1.807) is 16.8 Å². The molecule has 1 aliphatic rings. The number of hydrogen-bond donors (Lipinski definition) is 1. The summed E-state index contributed by atoms with van der Waals surface area (Å²) in [5, 5.41) is 4.83. The second-order valence-corrected chi connectivity index (χ2v) is 6.09. The van der Waals surface area contributed by atoms with Gasteiger partial charge in [0.05, 0.1) is 11.2 Å². The monoisotopic (exact) mass is 309 g/mol. The Hall–Kier alpha value is -1.43. The maximum atomic E-state index is 12.1. The Balaban J connectivity index is 1.60. The molecule has 1 fully saturated rings. The molecule has 0 radical (unpaired) electrons. The molecule has 0 spiro atoms. The van der Waals surface area contributed by atoms with Gasteiger partial charge in [-0.15, -0.1) is 11.3 Å². The summed E-state index contributed by atoms with van der Waals surface area (Å²) in [4.78, 5) is 29.9. The zero-order chi connectivity index (χ0) is 14.9. The minimum Gasteiger partial charge on any atom is -0.356 e. The third kappa shape index (κ3) is 5.83. The van der Waals surface area contributed by atoms with Crippen molar-refractivity contribution in [1.29, 1.82) is 0 Å². The fraction of sp³-hybridized carbons (Fsp3) is 0.667. The number of nitrogens with one attached hydrogen (secondary N) is 1. The summed E-state index contributed by atoms with van der Waals surface area (Å²) in [5.41, 5.74) is 2.79. The number of rotatable bonds is 6. The minimum atomic E-state index is -0.0478. The van der Waals surface area contributed by atoms with Crippen molar-refractivity contribution >= 4 is 23.2 Å². The molecule has 2 amide bonds. The third-order valence-corrected chi connectivity index (χ3v) is 4.35. The van der Waals surface area contributed by atoms with Crippen molar-refractivity contribution in [1.82, 2.24) is 15.2 Å². The zero-order valence-electron chi connectivity index (χ0n) is 12.3. The second kappa shape index (κ2) is 8.77. The first-order valence-corrected chi connectivity index (χ1v) is 8.61. The molecule has 5 nitrogen and oxygen atoms in total. The summed E-state index contributed by atoms with van der Waals surface area (Å²) in [6.07, 6.45) is 5.95. The van der Waals surface area contributed by atoms with Crippen molar-refractivity contribution in [2.45, 2.75) is 44.9 Å². The molecule has 1 aromatic rings. The highest BCUT2D eigenvalue weighted by molar-refractivity contribution is 7.07. The lowest BCUT2D eigenvalue weighted by atomic mass is 10.2. The van der Waals surface area contributed by atoms with Crippen molar-refractivity contribution in [3.8, 4) is 0 Å². The average molecular weight is 309 g/mol. The van der Waals surface area contributed by atoms with Crippen LogP contribution in [0.15, 0.2) is 10.9 Å². The molecule has 6 heteroatoms. The molecule has 0 bridgehead atoms.